The number of amides is 2. The molecule has 7 nitrogen and oxygen atoms in total. The summed E-state index contributed by atoms with van der Waals surface area (Å²) in [5.41, 5.74) is 1.75. The average Bonchev–Trinajstić information content (AvgIpc) is 3.32. The van der Waals surface area contributed by atoms with Crippen LogP contribution in [0.4, 0.5) is 4.39 Å². The minimum absolute atomic E-state index is 0.0133. The van der Waals surface area contributed by atoms with E-state index >= 15 is 0 Å². The molecule has 3 aliphatic rings. The number of hydrogen-bond donors (Lipinski definition) is 0. The molecule has 0 aromatic heterocycles. The van der Waals surface area contributed by atoms with Gasteiger partial charge in [0.25, 0.3) is 5.91 Å². The van der Waals surface area contributed by atoms with Crippen LogP contribution in [-0.4, -0.2) is 78.3 Å². The molecule has 1 saturated heterocycles. The molecule has 2 aromatic carbocycles. The summed E-state index contributed by atoms with van der Waals surface area (Å²) >= 11 is 6.10. The molecule has 1 saturated carbocycles. The third-order valence-electron chi connectivity index (χ3n) is 7.49. The molecular weight excluding hydrogens is 495 g/mol. The van der Waals surface area contributed by atoms with E-state index < -0.39 is 6.04 Å². The average molecular weight is 527 g/mol. The molecule has 2 heterocycles. The van der Waals surface area contributed by atoms with Crippen molar-refractivity contribution >= 4 is 29.1 Å². The number of nitrogens with zero attached hydrogens (tertiary/aromatic N) is 4. The first-order chi connectivity index (χ1) is 18.0. The molecular formula is C28H32ClFN4O3. The zero-order valence-corrected chi connectivity index (χ0v) is 21.6. The molecule has 2 aliphatic heterocycles. The maximum absolute atomic E-state index is 14.6. The van der Waals surface area contributed by atoms with Crippen LogP contribution in [0.2, 0.25) is 5.02 Å². The van der Waals surface area contributed by atoms with Crippen LogP contribution in [0.3, 0.4) is 0 Å². The minimum atomic E-state index is -0.403. The van der Waals surface area contributed by atoms with E-state index in [0.29, 0.717) is 49.0 Å². The summed E-state index contributed by atoms with van der Waals surface area (Å²) in [6.07, 6.45) is 3.16. The second kappa shape index (κ2) is 11.7. The number of hydrazone groups is 1. The van der Waals surface area contributed by atoms with Crippen molar-refractivity contribution < 1.29 is 18.7 Å². The maximum atomic E-state index is 14.6. The summed E-state index contributed by atoms with van der Waals surface area (Å²) in [7, 11) is 0. The molecule has 5 rings (SSSR count). The second-order valence-electron chi connectivity index (χ2n) is 9.88. The van der Waals surface area contributed by atoms with E-state index in [-0.39, 0.29) is 30.1 Å². The first kappa shape index (κ1) is 25.8. The van der Waals surface area contributed by atoms with Crippen LogP contribution in [0.5, 0.6) is 0 Å². The number of ether oxygens (including phenoxy) is 1. The molecule has 2 aromatic rings. The third-order valence-corrected chi connectivity index (χ3v) is 7.74. The van der Waals surface area contributed by atoms with Gasteiger partial charge in [0, 0.05) is 49.1 Å². The normalized spacial score (nSPS) is 20.4. The number of morpholine rings is 1. The number of carbonyl (C=O) groups excluding carboxylic acids is 2. The van der Waals surface area contributed by atoms with Crippen LogP contribution < -0.4 is 0 Å². The Bertz CT molecular complexity index is 1150. The fraction of sp³-hybridized carbons (Fsp3) is 0.464. The molecule has 37 heavy (non-hydrogen) atoms. The highest BCUT2D eigenvalue weighted by Gasteiger charge is 2.37. The van der Waals surface area contributed by atoms with Crippen LogP contribution in [0.15, 0.2) is 53.6 Å². The Kier molecular flexibility index (Phi) is 8.17. The quantitative estimate of drug-likeness (QED) is 0.519. The number of rotatable bonds is 8. The van der Waals surface area contributed by atoms with Gasteiger partial charge in [-0.05, 0) is 36.6 Å². The number of carbonyl (C=O) groups is 2. The Hall–Kier alpha value is -2.81. The van der Waals surface area contributed by atoms with E-state index in [1.807, 2.05) is 12.1 Å². The summed E-state index contributed by atoms with van der Waals surface area (Å²) in [4.78, 5) is 31.0. The summed E-state index contributed by atoms with van der Waals surface area (Å²) in [5, 5.41) is 6.63. The van der Waals surface area contributed by atoms with Crippen molar-refractivity contribution in [2.75, 3.05) is 45.9 Å². The lowest BCUT2D eigenvalue weighted by molar-refractivity contribution is -0.145. The topological polar surface area (TPSA) is 65.5 Å². The first-order valence-electron chi connectivity index (χ1n) is 13.0. The highest BCUT2D eigenvalue weighted by molar-refractivity contribution is 6.30. The van der Waals surface area contributed by atoms with Crippen LogP contribution in [-0.2, 0) is 14.3 Å². The molecule has 1 atom stereocenters. The molecule has 0 radical (unpaired) electrons. The van der Waals surface area contributed by atoms with Crippen LogP contribution in [0.25, 0.3) is 0 Å². The first-order valence-corrected chi connectivity index (χ1v) is 13.4. The van der Waals surface area contributed by atoms with Gasteiger partial charge in [0.2, 0.25) is 5.91 Å². The van der Waals surface area contributed by atoms with Gasteiger partial charge in [-0.3, -0.25) is 14.5 Å². The van der Waals surface area contributed by atoms with Gasteiger partial charge in [-0.25, -0.2) is 9.40 Å². The Balaban J connectivity index is 1.37. The van der Waals surface area contributed by atoms with Gasteiger partial charge in [-0.15, -0.1) is 0 Å². The van der Waals surface area contributed by atoms with E-state index in [1.54, 1.807) is 35.2 Å². The monoisotopic (exact) mass is 526 g/mol. The summed E-state index contributed by atoms with van der Waals surface area (Å²) < 4.78 is 20.0. The van der Waals surface area contributed by atoms with Crippen molar-refractivity contribution in [2.45, 2.75) is 31.7 Å². The van der Waals surface area contributed by atoms with Crippen LogP contribution >= 0.6 is 11.6 Å². The predicted octanol–water partition coefficient (Wildman–Crippen LogP) is 4.12. The Morgan fingerprint density at radius 2 is 1.81 bits per heavy atom. The molecule has 0 bridgehead atoms. The largest absolute Gasteiger partial charge is 0.379 e. The van der Waals surface area contributed by atoms with E-state index in [9.17, 15) is 14.0 Å². The van der Waals surface area contributed by atoms with Crippen molar-refractivity contribution in [3.05, 3.63) is 70.5 Å². The van der Waals surface area contributed by atoms with E-state index in [4.69, 9.17) is 16.3 Å². The highest BCUT2D eigenvalue weighted by atomic mass is 35.5. The standard InChI is InChI=1S/C28H32ClFN4O3/c29-22-10-8-20(9-11-22)26-18-25(23-6-1-2-7-24(23)30)31-34(26)27(35)19-33(28(36)21-4-3-5-21)13-12-32-14-16-37-17-15-32/h1-2,6-11,21,26H,3-5,12-19H2. The fourth-order valence-electron chi connectivity index (χ4n) is 5.05. The molecule has 0 spiro atoms. The molecule has 1 unspecified atom stereocenters. The Morgan fingerprint density at radius 3 is 2.49 bits per heavy atom. The Morgan fingerprint density at radius 1 is 1.08 bits per heavy atom. The van der Waals surface area contributed by atoms with Gasteiger partial charge >= 0.3 is 0 Å². The lowest BCUT2D eigenvalue weighted by Gasteiger charge is -2.34. The highest BCUT2D eigenvalue weighted by Crippen LogP contribution is 2.34. The summed E-state index contributed by atoms with van der Waals surface area (Å²) in [5.74, 6) is -0.632. The zero-order valence-electron chi connectivity index (χ0n) is 20.8. The molecule has 1 aliphatic carbocycles. The fourth-order valence-corrected chi connectivity index (χ4v) is 5.17. The third kappa shape index (κ3) is 6.03. The SMILES string of the molecule is O=C(C1CCC1)N(CCN1CCOCC1)CC(=O)N1N=C(c2ccccc2F)CC1c1ccc(Cl)cc1. The van der Waals surface area contributed by atoms with E-state index in [2.05, 4.69) is 10.0 Å². The van der Waals surface area contributed by atoms with Crippen molar-refractivity contribution in [3.8, 4) is 0 Å². The van der Waals surface area contributed by atoms with Gasteiger partial charge in [-0.1, -0.05) is 48.4 Å². The van der Waals surface area contributed by atoms with Crippen molar-refractivity contribution in [1.29, 1.82) is 0 Å². The van der Waals surface area contributed by atoms with E-state index in [1.165, 1.54) is 11.1 Å². The molecule has 196 valence electrons. The van der Waals surface area contributed by atoms with Crippen molar-refractivity contribution in [2.24, 2.45) is 11.0 Å². The number of benzene rings is 2. The zero-order chi connectivity index (χ0) is 25.8. The molecule has 0 N–H and O–H groups in total. The number of halogens is 2. The van der Waals surface area contributed by atoms with Gasteiger partial charge < -0.3 is 9.64 Å². The van der Waals surface area contributed by atoms with Crippen LogP contribution in [0, 0.1) is 11.7 Å². The van der Waals surface area contributed by atoms with Crippen LogP contribution in [0.1, 0.15) is 42.9 Å². The molecule has 9 heteroatoms. The van der Waals surface area contributed by atoms with Gasteiger partial charge in [0.15, 0.2) is 0 Å². The van der Waals surface area contributed by atoms with Gasteiger partial charge in [-0.2, -0.15) is 5.10 Å². The smallest absolute Gasteiger partial charge is 0.262 e. The lowest BCUT2D eigenvalue weighted by atomic mass is 9.84. The number of hydrogen-bond acceptors (Lipinski definition) is 5. The summed E-state index contributed by atoms with van der Waals surface area (Å²) in [6, 6.07) is 13.3. The van der Waals surface area contributed by atoms with Gasteiger partial charge in [0.05, 0.1) is 25.0 Å². The van der Waals surface area contributed by atoms with Crippen molar-refractivity contribution in [1.82, 2.24) is 14.8 Å². The van der Waals surface area contributed by atoms with Crippen molar-refractivity contribution in [3.63, 3.8) is 0 Å². The minimum Gasteiger partial charge on any atom is -0.379 e. The maximum Gasteiger partial charge on any atom is 0.262 e. The van der Waals surface area contributed by atoms with Gasteiger partial charge in [0.1, 0.15) is 12.4 Å². The molecule has 2 fully saturated rings. The molecule has 2 amide bonds. The summed E-state index contributed by atoms with van der Waals surface area (Å²) in [6.45, 7) is 4.11. The lowest BCUT2D eigenvalue weighted by Crippen LogP contribution is -2.49. The van der Waals surface area contributed by atoms with E-state index in [0.717, 1.165) is 37.9 Å². The second-order valence-corrected chi connectivity index (χ2v) is 10.3. The predicted molar refractivity (Wildman–Crippen MR) is 140 cm³/mol. The Labute approximate surface area is 221 Å².